The number of nitrogens with zero attached hydrogens (tertiary/aromatic N) is 2. The number of aromatic carboxylic acids is 1. The molecule has 0 unspecified atom stereocenters. The van der Waals surface area contributed by atoms with Crippen molar-refractivity contribution in [3.8, 4) is 0 Å². The highest BCUT2D eigenvalue weighted by Gasteiger charge is 2.20. The third kappa shape index (κ3) is 4.46. The molecule has 0 amide bonds. The fourth-order valence-corrected chi connectivity index (χ4v) is 3.06. The minimum Gasteiger partial charge on any atom is -0.478 e. The van der Waals surface area contributed by atoms with E-state index < -0.39 is 16.2 Å². The molecule has 1 aromatic heterocycles. The average Bonchev–Trinajstić information content (AvgIpc) is 2.38. The second-order valence-corrected chi connectivity index (χ2v) is 5.94. The second-order valence-electron chi connectivity index (χ2n) is 4.27. The Hall–Kier alpha value is -1.67. The lowest BCUT2D eigenvalue weighted by Gasteiger charge is -2.21. The molecule has 0 aromatic carbocycles. The Bertz CT molecular complexity index is 554. The van der Waals surface area contributed by atoms with Crippen molar-refractivity contribution in [3.63, 3.8) is 0 Å². The number of carbonyl (C=O) groups is 1. The highest BCUT2D eigenvalue weighted by molar-refractivity contribution is 7.90. The predicted octanol–water partition coefficient (Wildman–Crippen LogP) is 1.56. The first-order valence-electron chi connectivity index (χ1n) is 6.37. The lowest BCUT2D eigenvalue weighted by molar-refractivity contribution is 0.0696. The molecule has 0 fully saturated rings. The van der Waals surface area contributed by atoms with Crippen LogP contribution >= 0.6 is 0 Å². The van der Waals surface area contributed by atoms with Gasteiger partial charge < -0.3 is 5.11 Å². The highest BCUT2D eigenvalue weighted by atomic mass is 32.2. The molecule has 1 heterocycles. The summed E-state index contributed by atoms with van der Waals surface area (Å²) >= 11 is 0. The van der Waals surface area contributed by atoms with Gasteiger partial charge in [0.15, 0.2) is 0 Å². The quantitative estimate of drug-likeness (QED) is 0.759. The molecule has 0 atom stereocenters. The Morgan fingerprint density at radius 2 is 1.90 bits per heavy atom. The summed E-state index contributed by atoms with van der Waals surface area (Å²) in [5.41, 5.74) is 0.0739. The first kappa shape index (κ1) is 16.4. The van der Waals surface area contributed by atoms with Crippen molar-refractivity contribution in [1.29, 1.82) is 0 Å². The minimum atomic E-state index is -3.69. The van der Waals surface area contributed by atoms with E-state index in [-0.39, 0.29) is 11.3 Å². The first-order valence-corrected chi connectivity index (χ1v) is 7.81. The molecule has 8 heteroatoms. The van der Waals surface area contributed by atoms with Crippen molar-refractivity contribution < 1.29 is 18.3 Å². The van der Waals surface area contributed by atoms with E-state index in [1.807, 2.05) is 13.8 Å². The van der Waals surface area contributed by atoms with Gasteiger partial charge in [0.1, 0.15) is 0 Å². The maximum atomic E-state index is 12.2. The first-order chi connectivity index (χ1) is 9.40. The van der Waals surface area contributed by atoms with Gasteiger partial charge in [-0.25, -0.2) is 4.79 Å². The van der Waals surface area contributed by atoms with E-state index in [1.165, 1.54) is 16.6 Å². The lowest BCUT2D eigenvalue weighted by Crippen LogP contribution is -2.37. The van der Waals surface area contributed by atoms with Crippen LogP contribution in [0.1, 0.15) is 37.0 Å². The van der Waals surface area contributed by atoms with Crippen LogP contribution in [0.4, 0.5) is 5.69 Å². The monoisotopic (exact) mass is 301 g/mol. The van der Waals surface area contributed by atoms with E-state index in [1.54, 1.807) is 0 Å². The molecule has 0 aliphatic rings. The van der Waals surface area contributed by atoms with Crippen LogP contribution in [-0.4, -0.2) is 41.9 Å². The molecule has 1 aromatic rings. The summed E-state index contributed by atoms with van der Waals surface area (Å²) in [7, 11) is -3.69. The summed E-state index contributed by atoms with van der Waals surface area (Å²) < 4.78 is 28.1. The van der Waals surface area contributed by atoms with Gasteiger partial charge in [-0.15, -0.1) is 0 Å². The summed E-state index contributed by atoms with van der Waals surface area (Å²) in [4.78, 5) is 14.5. The topological polar surface area (TPSA) is 99.6 Å². The van der Waals surface area contributed by atoms with Crippen LogP contribution in [0, 0.1) is 0 Å². The number of carboxylic acid groups (broad SMARTS) is 1. The number of pyridine rings is 1. The van der Waals surface area contributed by atoms with Crippen LogP contribution in [-0.2, 0) is 10.2 Å². The zero-order valence-electron chi connectivity index (χ0n) is 11.5. The zero-order chi connectivity index (χ0) is 15.2. The summed E-state index contributed by atoms with van der Waals surface area (Å²) in [6, 6.07) is 1.24. The van der Waals surface area contributed by atoms with Crippen LogP contribution in [0.3, 0.4) is 0 Å². The second kappa shape index (κ2) is 7.20. The highest BCUT2D eigenvalue weighted by Crippen LogP contribution is 2.13. The number of aromatic nitrogens is 1. The minimum absolute atomic E-state index is 0.0669. The standard InChI is InChI=1S/C12H19N3O4S/c1-3-5-15(6-4-2)20(18,19)14-11-7-10(12(16)17)8-13-9-11/h7-9,14H,3-6H2,1-2H3,(H,16,17). The molecule has 20 heavy (non-hydrogen) atoms. The van der Waals surface area contributed by atoms with Gasteiger partial charge in [-0.1, -0.05) is 13.8 Å². The smallest absolute Gasteiger partial charge is 0.337 e. The molecule has 0 spiro atoms. The normalized spacial score (nSPS) is 11.6. The van der Waals surface area contributed by atoms with Gasteiger partial charge in [0.25, 0.3) is 0 Å². The van der Waals surface area contributed by atoms with Gasteiger partial charge in [-0.3, -0.25) is 9.71 Å². The van der Waals surface area contributed by atoms with Crippen molar-refractivity contribution in [2.24, 2.45) is 0 Å². The molecule has 112 valence electrons. The molecular formula is C12H19N3O4S. The number of hydrogen-bond donors (Lipinski definition) is 2. The van der Waals surface area contributed by atoms with E-state index in [9.17, 15) is 13.2 Å². The molecule has 0 aliphatic heterocycles. The molecule has 1 rings (SSSR count). The Morgan fingerprint density at radius 3 is 2.40 bits per heavy atom. The van der Waals surface area contributed by atoms with Crippen molar-refractivity contribution in [1.82, 2.24) is 9.29 Å². The van der Waals surface area contributed by atoms with Gasteiger partial charge in [0.2, 0.25) is 0 Å². The Labute approximate surface area is 118 Å². The molecule has 7 nitrogen and oxygen atoms in total. The fourth-order valence-electron chi connectivity index (χ4n) is 1.68. The molecular weight excluding hydrogens is 282 g/mol. The Balaban J connectivity index is 2.94. The number of carboxylic acids is 1. The molecule has 0 saturated carbocycles. The van der Waals surface area contributed by atoms with Crippen molar-refractivity contribution in [3.05, 3.63) is 24.0 Å². The lowest BCUT2D eigenvalue weighted by atomic mass is 10.3. The third-order valence-corrected chi connectivity index (χ3v) is 4.06. The summed E-state index contributed by atoms with van der Waals surface area (Å²) in [6.45, 7) is 4.61. The predicted molar refractivity (Wildman–Crippen MR) is 75.9 cm³/mol. The Kier molecular flexibility index (Phi) is 5.90. The van der Waals surface area contributed by atoms with Crippen molar-refractivity contribution in [2.75, 3.05) is 17.8 Å². The van der Waals surface area contributed by atoms with E-state index >= 15 is 0 Å². The number of anilines is 1. The van der Waals surface area contributed by atoms with Crippen LogP contribution in [0.2, 0.25) is 0 Å². The summed E-state index contributed by atoms with van der Waals surface area (Å²) in [6.07, 6.45) is 3.85. The molecule has 2 N–H and O–H groups in total. The fraction of sp³-hybridized carbons (Fsp3) is 0.500. The average molecular weight is 301 g/mol. The van der Waals surface area contributed by atoms with Crippen molar-refractivity contribution in [2.45, 2.75) is 26.7 Å². The van der Waals surface area contributed by atoms with Crippen LogP contribution in [0.15, 0.2) is 18.5 Å². The molecule has 0 bridgehead atoms. The summed E-state index contributed by atoms with van der Waals surface area (Å²) in [5.74, 6) is -1.16. The maximum Gasteiger partial charge on any atom is 0.337 e. The maximum absolute atomic E-state index is 12.2. The number of nitrogens with one attached hydrogen (secondary N) is 1. The number of rotatable bonds is 8. The van der Waals surface area contributed by atoms with Gasteiger partial charge in [-0.05, 0) is 18.9 Å². The van der Waals surface area contributed by atoms with Crippen LogP contribution in [0.25, 0.3) is 0 Å². The summed E-state index contributed by atoms with van der Waals surface area (Å²) in [5, 5.41) is 8.86. The number of hydrogen-bond acceptors (Lipinski definition) is 4. The van der Waals surface area contributed by atoms with Crippen molar-refractivity contribution >= 4 is 21.9 Å². The molecule has 0 aliphatic carbocycles. The van der Waals surface area contributed by atoms with Gasteiger partial charge in [0, 0.05) is 19.3 Å². The van der Waals surface area contributed by atoms with E-state index in [4.69, 9.17) is 5.11 Å². The Morgan fingerprint density at radius 1 is 1.30 bits per heavy atom. The van der Waals surface area contributed by atoms with Gasteiger partial charge in [0.05, 0.1) is 17.4 Å². The molecule has 0 saturated heterocycles. The SMILES string of the molecule is CCCN(CCC)S(=O)(=O)Nc1cncc(C(=O)O)c1. The van der Waals surface area contributed by atoms with Gasteiger partial charge in [-0.2, -0.15) is 12.7 Å². The van der Waals surface area contributed by atoms with E-state index in [0.717, 1.165) is 6.20 Å². The van der Waals surface area contributed by atoms with Crippen LogP contribution < -0.4 is 4.72 Å². The van der Waals surface area contributed by atoms with Gasteiger partial charge >= 0.3 is 16.2 Å². The van der Waals surface area contributed by atoms with E-state index in [2.05, 4.69) is 9.71 Å². The third-order valence-electron chi connectivity index (χ3n) is 2.52. The zero-order valence-corrected chi connectivity index (χ0v) is 12.4. The molecule has 0 radical (unpaired) electrons. The largest absolute Gasteiger partial charge is 0.478 e. The van der Waals surface area contributed by atoms with E-state index in [0.29, 0.717) is 25.9 Å². The van der Waals surface area contributed by atoms with Crippen LogP contribution in [0.5, 0.6) is 0 Å².